The number of carbonyl (C=O) groups is 1. The Bertz CT molecular complexity index is 780. The van der Waals surface area contributed by atoms with Crippen molar-refractivity contribution in [1.82, 2.24) is 0 Å². The molecule has 0 N–H and O–H groups in total. The first-order chi connectivity index (χ1) is 12.5. The van der Waals surface area contributed by atoms with Crippen LogP contribution in [-0.4, -0.2) is 17.9 Å². The highest BCUT2D eigenvalue weighted by molar-refractivity contribution is 7.80. The van der Waals surface area contributed by atoms with Gasteiger partial charge in [-0.2, -0.15) is 0 Å². The molecule has 0 saturated heterocycles. The molecule has 0 radical (unpaired) electrons. The van der Waals surface area contributed by atoms with Crippen LogP contribution in [0.1, 0.15) is 54.6 Å². The van der Waals surface area contributed by atoms with Crippen LogP contribution < -0.4 is 0 Å². The number of hydrogen-bond donors (Lipinski definition) is 0. The van der Waals surface area contributed by atoms with Crippen molar-refractivity contribution in [2.45, 2.75) is 46.5 Å². The molecule has 2 aromatic carbocycles. The molecule has 0 spiro atoms. The Hall–Kier alpha value is -2.00. The summed E-state index contributed by atoms with van der Waals surface area (Å²) in [6.45, 7) is 6.32. The SMILES string of the molecule is CCc1ccc(C(=O)CC(CC)CC(=S)OC)c(-c2ccccc2C)c1. The summed E-state index contributed by atoms with van der Waals surface area (Å²) >= 11 is 5.19. The molecule has 26 heavy (non-hydrogen) atoms. The second-order valence-electron chi connectivity index (χ2n) is 6.73. The van der Waals surface area contributed by atoms with Crippen molar-refractivity contribution in [1.29, 1.82) is 0 Å². The Morgan fingerprint density at radius 1 is 1.08 bits per heavy atom. The van der Waals surface area contributed by atoms with Crippen LogP contribution in [0.5, 0.6) is 0 Å². The molecular weight excluding hydrogens is 340 g/mol. The van der Waals surface area contributed by atoms with Crippen molar-refractivity contribution in [3.8, 4) is 11.1 Å². The Morgan fingerprint density at radius 2 is 1.81 bits per heavy atom. The van der Waals surface area contributed by atoms with Crippen LogP contribution in [-0.2, 0) is 11.2 Å². The first kappa shape index (κ1) is 20.3. The first-order valence-electron chi connectivity index (χ1n) is 9.29. The van der Waals surface area contributed by atoms with Gasteiger partial charge in [0.1, 0.15) is 0 Å². The van der Waals surface area contributed by atoms with Gasteiger partial charge in [-0.25, -0.2) is 0 Å². The zero-order valence-corrected chi connectivity index (χ0v) is 17.0. The Morgan fingerprint density at radius 3 is 2.42 bits per heavy atom. The Kier molecular flexibility index (Phi) is 7.52. The van der Waals surface area contributed by atoms with Crippen molar-refractivity contribution >= 4 is 23.1 Å². The lowest BCUT2D eigenvalue weighted by atomic mass is 9.87. The summed E-state index contributed by atoms with van der Waals surface area (Å²) in [5.74, 6) is 0.391. The maximum absolute atomic E-state index is 13.1. The fourth-order valence-corrected chi connectivity index (χ4v) is 3.44. The summed E-state index contributed by atoms with van der Waals surface area (Å²) < 4.78 is 5.13. The summed E-state index contributed by atoms with van der Waals surface area (Å²) in [5.41, 5.74) is 5.40. The minimum atomic E-state index is 0.177. The second-order valence-corrected chi connectivity index (χ2v) is 7.19. The van der Waals surface area contributed by atoms with Crippen molar-refractivity contribution in [2.24, 2.45) is 5.92 Å². The van der Waals surface area contributed by atoms with E-state index >= 15 is 0 Å². The lowest BCUT2D eigenvalue weighted by molar-refractivity contribution is 0.0961. The first-order valence-corrected chi connectivity index (χ1v) is 9.69. The minimum absolute atomic E-state index is 0.177. The molecule has 1 atom stereocenters. The predicted molar refractivity (Wildman–Crippen MR) is 113 cm³/mol. The number of aryl methyl sites for hydroxylation is 2. The van der Waals surface area contributed by atoms with Gasteiger partial charge in [-0.1, -0.05) is 62.7 Å². The predicted octanol–water partition coefficient (Wildman–Crippen LogP) is 6.19. The number of ether oxygens (including phenoxy) is 1. The van der Waals surface area contributed by atoms with Crippen LogP contribution >= 0.6 is 12.2 Å². The number of Topliss-reactive ketones (excluding diaryl/α,β-unsaturated/α-hetero) is 1. The molecule has 2 rings (SSSR count). The van der Waals surface area contributed by atoms with Gasteiger partial charge in [0, 0.05) is 18.4 Å². The van der Waals surface area contributed by atoms with E-state index in [1.807, 2.05) is 18.2 Å². The molecule has 0 amide bonds. The van der Waals surface area contributed by atoms with E-state index in [4.69, 9.17) is 17.0 Å². The average molecular weight is 369 g/mol. The van der Waals surface area contributed by atoms with Gasteiger partial charge in [-0.15, -0.1) is 0 Å². The summed E-state index contributed by atoms with van der Waals surface area (Å²) in [6, 6.07) is 14.5. The van der Waals surface area contributed by atoms with Gasteiger partial charge in [0.2, 0.25) is 0 Å². The van der Waals surface area contributed by atoms with Crippen molar-refractivity contribution < 1.29 is 9.53 Å². The van der Waals surface area contributed by atoms with Crippen LogP contribution in [0.3, 0.4) is 0 Å². The molecule has 0 aliphatic rings. The van der Waals surface area contributed by atoms with Crippen LogP contribution in [0, 0.1) is 12.8 Å². The van der Waals surface area contributed by atoms with Gasteiger partial charge in [0.25, 0.3) is 0 Å². The van der Waals surface area contributed by atoms with Crippen molar-refractivity contribution in [2.75, 3.05) is 7.11 Å². The third-order valence-electron chi connectivity index (χ3n) is 4.96. The second kappa shape index (κ2) is 9.63. The number of hydrogen-bond acceptors (Lipinski definition) is 3. The smallest absolute Gasteiger partial charge is 0.163 e. The highest BCUT2D eigenvalue weighted by atomic mass is 32.1. The fourth-order valence-electron chi connectivity index (χ4n) is 3.20. The summed E-state index contributed by atoms with van der Waals surface area (Å²) in [6.07, 6.45) is 3.00. The molecular formula is C23H28O2S. The van der Waals surface area contributed by atoms with E-state index in [0.717, 1.165) is 29.5 Å². The zero-order chi connectivity index (χ0) is 19.1. The minimum Gasteiger partial charge on any atom is -0.490 e. The molecule has 0 aromatic heterocycles. The van der Waals surface area contributed by atoms with Crippen LogP contribution in [0.15, 0.2) is 42.5 Å². The van der Waals surface area contributed by atoms with Gasteiger partial charge in [0.05, 0.1) is 7.11 Å². The zero-order valence-electron chi connectivity index (χ0n) is 16.2. The maximum atomic E-state index is 13.1. The standard InChI is InChI=1S/C23H28O2S/c1-5-17-11-12-20(21(13-17)19-10-8-7-9-16(19)3)22(24)14-18(6-2)15-23(26)25-4/h7-13,18H,5-6,14-15H2,1-4H3. The van der Waals surface area contributed by atoms with E-state index in [1.165, 1.54) is 11.1 Å². The molecule has 0 aliphatic heterocycles. The molecule has 0 saturated carbocycles. The molecule has 0 bridgehead atoms. The number of rotatable bonds is 8. The molecule has 2 aromatic rings. The summed E-state index contributed by atoms with van der Waals surface area (Å²) in [5, 5.41) is 0.574. The Labute approximate surface area is 162 Å². The van der Waals surface area contributed by atoms with E-state index in [9.17, 15) is 4.79 Å². The lowest BCUT2D eigenvalue weighted by Crippen LogP contribution is -2.13. The number of carbonyl (C=O) groups excluding carboxylic acids is 1. The van der Waals surface area contributed by atoms with E-state index in [2.05, 4.69) is 45.0 Å². The molecule has 0 aliphatic carbocycles. The maximum Gasteiger partial charge on any atom is 0.163 e. The van der Waals surface area contributed by atoms with Gasteiger partial charge < -0.3 is 4.74 Å². The number of benzene rings is 2. The third kappa shape index (κ3) is 5.01. The normalized spacial score (nSPS) is 11.8. The number of ketones is 1. The molecule has 0 heterocycles. The van der Waals surface area contributed by atoms with Crippen LogP contribution in [0.25, 0.3) is 11.1 Å². The van der Waals surface area contributed by atoms with Crippen LogP contribution in [0.2, 0.25) is 0 Å². The Balaban J connectivity index is 2.37. The van der Waals surface area contributed by atoms with Gasteiger partial charge in [0.15, 0.2) is 10.8 Å². The lowest BCUT2D eigenvalue weighted by Gasteiger charge is -2.17. The monoisotopic (exact) mass is 368 g/mol. The molecule has 138 valence electrons. The molecule has 3 heteroatoms. The topological polar surface area (TPSA) is 26.3 Å². The largest absolute Gasteiger partial charge is 0.490 e. The van der Waals surface area contributed by atoms with E-state index in [1.54, 1.807) is 7.11 Å². The van der Waals surface area contributed by atoms with Crippen molar-refractivity contribution in [3.63, 3.8) is 0 Å². The fraction of sp³-hybridized carbons (Fsp3) is 0.391. The van der Waals surface area contributed by atoms with E-state index < -0.39 is 0 Å². The number of thiocarbonyl (C=S) groups is 1. The molecule has 0 fully saturated rings. The summed E-state index contributed by atoms with van der Waals surface area (Å²) in [7, 11) is 1.59. The summed E-state index contributed by atoms with van der Waals surface area (Å²) in [4.78, 5) is 13.1. The van der Waals surface area contributed by atoms with Crippen LogP contribution in [0.4, 0.5) is 0 Å². The molecule has 2 nitrogen and oxygen atoms in total. The van der Waals surface area contributed by atoms with Gasteiger partial charge >= 0.3 is 0 Å². The number of methoxy groups -OCH3 is 1. The third-order valence-corrected chi connectivity index (χ3v) is 5.30. The van der Waals surface area contributed by atoms with E-state index in [-0.39, 0.29) is 11.7 Å². The highest BCUT2D eigenvalue weighted by Gasteiger charge is 2.19. The van der Waals surface area contributed by atoms with Gasteiger partial charge in [-0.3, -0.25) is 4.79 Å². The highest BCUT2D eigenvalue weighted by Crippen LogP contribution is 2.30. The van der Waals surface area contributed by atoms with Gasteiger partial charge in [-0.05, 0) is 53.7 Å². The van der Waals surface area contributed by atoms with Crippen molar-refractivity contribution in [3.05, 3.63) is 59.2 Å². The quantitative estimate of drug-likeness (QED) is 0.411. The molecule has 1 unspecified atom stereocenters. The van der Waals surface area contributed by atoms with E-state index in [0.29, 0.717) is 17.9 Å². The average Bonchev–Trinajstić information content (AvgIpc) is 2.67.